The van der Waals surface area contributed by atoms with E-state index in [9.17, 15) is 4.21 Å². The molecule has 3 heterocycles. The van der Waals surface area contributed by atoms with Crippen molar-refractivity contribution in [3.8, 4) is 0 Å². The number of rotatable bonds is 5. The normalized spacial score (nSPS) is 31.0. The van der Waals surface area contributed by atoms with Crippen LogP contribution in [0, 0.1) is 23.5 Å². The summed E-state index contributed by atoms with van der Waals surface area (Å²) in [7, 11) is -1.32. The van der Waals surface area contributed by atoms with Crippen LogP contribution in [0.15, 0.2) is 55.1 Å². The summed E-state index contributed by atoms with van der Waals surface area (Å²) in [6.45, 7) is 3.51. The van der Waals surface area contributed by atoms with E-state index in [1.807, 2.05) is 51.0 Å². The number of hydrogen-bond acceptors (Lipinski definition) is 4. The van der Waals surface area contributed by atoms with Crippen LogP contribution in [0.1, 0.15) is 42.2 Å². The molecule has 2 aliphatic heterocycles. The highest BCUT2D eigenvalue weighted by atomic mass is 32.2. The summed E-state index contributed by atoms with van der Waals surface area (Å²) in [5, 5.41) is 7.61. The molecular weight excluding hydrogens is 456 g/mol. The highest BCUT2D eigenvalue weighted by molar-refractivity contribution is 7.83. The Morgan fingerprint density at radius 1 is 1.00 bits per heavy atom. The summed E-state index contributed by atoms with van der Waals surface area (Å²) in [5.41, 5.74) is 1.59. The molecule has 3 aromatic rings. The Bertz CT molecular complexity index is 1200. The molecule has 34 heavy (non-hydrogen) atoms. The summed E-state index contributed by atoms with van der Waals surface area (Å²) in [6.07, 6.45) is 5.11. The zero-order valence-electron chi connectivity index (χ0n) is 18.9. The van der Waals surface area contributed by atoms with E-state index in [1.54, 1.807) is 12.7 Å². The van der Waals surface area contributed by atoms with Crippen LogP contribution in [0.5, 0.6) is 0 Å². The Labute approximate surface area is 200 Å². The fraction of sp³-hybridized carbons (Fsp3) is 0.440. The summed E-state index contributed by atoms with van der Waals surface area (Å²) < 4.78 is 47.5. The Morgan fingerprint density at radius 2 is 1.71 bits per heavy atom. The van der Waals surface area contributed by atoms with E-state index < -0.39 is 22.6 Å². The van der Waals surface area contributed by atoms with E-state index in [1.165, 1.54) is 12.1 Å². The molecule has 3 fully saturated rings. The molecular formula is C25H27F2N5OS. The number of benzene rings is 2. The van der Waals surface area contributed by atoms with Gasteiger partial charge >= 0.3 is 0 Å². The molecule has 178 valence electrons. The van der Waals surface area contributed by atoms with Gasteiger partial charge in [-0.05, 0) is 31.4 Å². The third-order valence-corrected chi connectivity index (χ3v) is 9.64. The summed E-state index contributed by atoms with van der Waals surface area (Å²) in [6, 6.07) is 12.8. The fourth-order valence-electron chi connectivity index (χ4n) is 5.75. The molecule has 3 aliphatic rings. The van der Waals surface area contributed by atoms with Crippen LogP contribution in [0.4, 0.5) is 14.5 Å². The molecule has 0 spiro atoms. The summed E-state index contributed by atoms with van der Waals surface area (Å²) in [5.74, 6) is -0.0543. The van der Waals surface area contributed by atoms with Crippen LogP contribution < -0.4 is 4.90 Å². The monoisotopic (exact) mass is 483 g/mol. The van der Waals surface area contributed by atoms with Crippen LogP contribution in [-0.4, -0.2) is 42.4 Å². The minimum atomic E-state index is -1.32. The minimum absolute atomic E-state index is 0.0308. The number of nitrogens with zero attached hydrogens (tertiary/aromatic N) is 5. The minimum Gasteiger partial charge on any atom is -0.368 e. The molecule has 2 unspecified atom stereocenters. The molecule has 6 rings (SSSR count). The van der Waals surface area contributed by atoms with Crippen molar-refractivity contribution in [2.24, 2.45) is 11.8 Å². The molecule has 1 aliphatic carbocycles. The molecule has 1 aromatic heterocycles. The number of hydrogen-bond donors (Lipinski definition) is 0. The van der Waals surface area contributed by atoms with Crippen LogP contribution in [0.2, 0.25) is 0 Å². The zero-order valence-corrected chi connectivity index (χ0v) is 19.7. The summed E-state index contributed by atoms with van der Waals surface area (Å²) >= 11 is 0. The van der Waals surface area contributed by atoms with Gasteiger partial charge in [-0.1, -0.05) is 30.3 Å². The fourth-order valence-corrected chi connectivity index (χ4v) is 7.53. The maximum Gasteiger partial charge on any atom is 0.147 e. The van der Waals surface area contributed by atoms with Crippen LogP contribution in [0.25, 0.3) is 0 Å². The lowest BCUT2D eigenvalue weighted by atomic mass is 10.0. The smallest absolute Gasteiger partial charge is 0.147 e. The Kier molecular flexibility index (Phi) is 5.49. The molecule has 2 saturated heterocycles. The van der Waals surface area contributed by atoms with Crippen molar-refractivity contribution in [2.75, 3.05) is 18.0 Å². The molecule has 1 saturated carbocycles. The van der Waals surface area contributed by atoms with Gasteiger partial charge in [-0.25, -0.2) is 17.3 Å². The predicted molar refractivity (Wildman–Crippen MR) is 126 cm³/mol. The first-order valence-corrected chi connectivity index (χ1v) is 13.0. The lowest BCUT2D eigenvalue weighted by molar-refractivity contribution is 0.299. The first-order valence-electron chi connectivity index (χ1n) is 11.8. The van der Waals surface area contributed by atoms with E-state index in [-0.39, 0.29) is 23.4 Å². The Morgan fingerprint density at radius 3 is 2.41 bits per heavy atom. The Balaban J connectivity index is 1.17. The average Bonchev–Trinajstić information content (AvgIpc) is 3.21. The zero-order chi connectivity index (χ0) is 23.4. The second-order valence-electron chi connectivity index (χ2n) is 9.70. The topological polar surface area (TPSA) is 54.3 Å². The standard InChI is InChI=1S/C25H27F2N5OS/c1-16-7-8-24(17-5-3-2-4-6-17)34(33)32(16)11-18-9-22(27)23(10-21(18)26)30-12-19-20(13-30)25(19)31-14-28-29-15-31/h2-6,9-10,14-16,19-20,24-25H,7-8,11-13H2,1H3/t16-,19-,20+,24+,25?,34?/m0/s1. The average molecular weight is 484 g/mol. The van der Waals surface area contributed by atoms with Crippen molar-refractivity contribution >= 4 is 16.7 Å². The number of anilines is 1. The second-order valence-corrected chi connectivity index (χ2v) is 11.3. The van der Waals surface area contributed by atoms with Crippen molar-refractivity contribution in [3.05, 3.63) is 77.9 Å². The van der Waals surface area contributed by atoms with E-state index >= 15 is 8.78 Å². The van der Waals surface area contributed by atoms with Crippen molar-refractivity contribution in [2.45, 2.75) is 43.6 Å². The van der Waals surface area contributed by atoms with Gasteiger partial charge < -0.3 is 9.47 Å². The molecule has 0 amide bonds. The first kappa shape index (κ1) is 21.9. The lowest BCUT2D eigenvalue weighted by Gasteiger charge is -2.37. The van der Waals surface area contributed by atoms with Gasteiger partial charge in [-0.2, -0.15) is 0 Å². The van der Waals surface area contributed by atoms with Gasteiger partial charge in [0, 0.05) is 55.2 Å². The van der Waals surface area contributed by atoms with E-state index in [0.717, 1.165) is 18.4 Å². The molecule has 0 N–H and O–H groups in total. The quantitative estimate of drug-likeness (QED) is 0.545. The van der Waals surface area contributed by atoms with Crippen molar-refractivity contribution in [3.63, 3.8) is 0 Å². The van der Waals surface area contributed by atoms with E-state index in [4.69, 9.17) is 0 Å². The SMILES string of the molecule is C[C@H]1CC[C@H](c2ccccc2)S(=O)N1Cc1cc(F)c(N2C[C@@H]3C(n4cnnc4)[C@@H]3C2)cc1F. The highest BCUT2D eigenvalue weighted by Crippen LogP contribution is 2.56. The number of piperidine rings is 1. The van der Waals surface area contributed by atoms with Crippen LogP contribution in [-0.2, 0) is 17.5 Å². The van der Waals surface area contributed by atoms with Gasteiger partial charge in [0.1, 0.15) is 35.3 Å². The van der Waals surface area contributed by atoms with Gasteiger partial charge in [-0.15, -0.1) is 10.2 Å². The van der Waals surface area contributed by atoms with Crippen molar-refractivity contribution in [1.82, 2.24) is 19.1 Å². The number of fused-ring (bicyclic) bond motifs is 1. The van der Waals surface area contributed by atoms with Gasteiger partial charge in [0.05, 0.1) is 10.9 Å². The maximum absolute atomic E-state index is 15.2. The van der Waals surface area contributed by atoms with Crippen molar-refractivity contribution < 1.29 is 13.0 Å². The van der Waals surface area contributed by atoms with Gasteiger partial charge in [0.25, 0.3) is 0 Å². The number of aromatic nitrogens is 3. The molecule has 9 heteroatoms. The van der Waals surface area contributed by atoms with Gasteiger partial charge in [0.2, 0.25) is 0 Å². The molecule has 6 atom stereocenters. The maximum atomic E-state index is 15.2. The van der Waals surface area contributed by atoms with E-state index in [2.05, 4.69) is 10.2 Å². The third-order valence-electron chi connectivity index (χ3n) is 7.70. The molecule has 2 aromatic carbocycles. The predicted octanol–water partition coefficient (Wildman–Crippen LogP) is 4.25. The van der Waals surface area contributed by atoms with Crippen LogP contribution in [0.3, 0.4) is 0 Å². The van der Waals surface area contributed by atoms with Gasteiger partial charge in [0.15, 0.2) is 0 Å². The second kappa shape index (κ2) is 8.53. The summed E-state index contributed by atoms with van der Waals surface area (Å²) in [4.78, 5) is 1.94. The van der Waals surface area contributed by atoms with E-state index in [0.29, 0.717) is 36.7 Å². The molecule has 6 nitrogen and oxygen atoms in total. The largest absolute Gasteiger partial charge is 0.368 e. The lowest BCUT2D eigenvalue weighted by Crippen LogP contribution is -2.41. The highest BCUT2D eigenvalue weighted by Gasteiger charge is 2.57. The van der Waals surface area contributed by atoms with Gasteiger partial charge in [-0.3, -0.25) is 0 Å². The third kappa shape index (κ3) is 3.75. The first-order chi connectivity index (χ1) is 16.5. The van der Waals surface area contributed by atoms with Crippen LogP contribution >= 0.6 is 0 Å². The van der Waals surface area contributed by atoms with Crippen molar-refractivity contribution in [1.29, 1.82) is 0 Å². The Hall–Kier alpha value is -2.65. The molecule has 0 bridgehead atoms. The number of halogens is 2. The molecule has 0 radical (unpaired) electrons.